The maximum atomic E-state index is 4.18. The Balaban J connectivity index is 0.000000980. The van der Waals surface area contributed by atoms with Crippen LogP contribution in [-0.2, 0) is 6.54 Å². The summed E-state index contributed by atoms with van der Waals surface area (Å²) >= 11 is 0. The van der Waals surface area contributed by atoms with Crippen molar-refractivity contribution in [2.45, 2.75) is 13.5 Å². The third-order valence-electron chi connectivity index (χ3n) is 2.12. The van der Waals surface area contributed by atoms with Gasteiger partial charge >= 0.3 is 0 Å². The zero-order valence-electron chi connectivity index (χ0n) is 8.05. The van der Waals surface area contributed by atoms with Crippen molar-refractivity contribution in [2.75, 3.05) is 0 Å². The van der Waals surface area contributed by atoms with Crippen molar-refractivity contribution < 1.29 is 0 Å². The summed E-state index contributed by atoms with van der Waals surface area (Å²) in [6.45, 7) is 2.93. The average molecular weight is 253 g/mol. The third-order valence-corrected chi connectivity index (χ3v) is 2.12. The van der Waals surface area contributed by atoms with Crippen molar-refractivity contribution in [1.82, 2.24) is 9.55 Å². The van der Waals surface area contributed by atoms with Gasteiger partial charge in [0.15, 0.2) is 0 Å². The Kier molecular flexibility index (Phi) is 3.89. The normalized spacial score (nSPS) is 9.50. The molecule has 0 saturated carbocycles. The summed E-state index contributed by atoms with van der Waals surface area (Å²) < 4.78 is 2.13. The third kappa shape index (κ3) is 2.45. The highest BCUT2D eigenvalue weighted by Gasteiger charge is 1.96. The summed E-state index contributed by atoms with van der Waals surface area (Å²) in [7, 11) is 0. The number of hydrogen-bond acceptors (Lipinski definition) is 1. The topological polar surface area (TPSA) is 17.8 Å². The zero-order valence-corrected chi connectivity index (χ0v) is 9.76. The molecule has 74 valence electrons. The monoisotopic (exact) mass is 252 g/mol. The molecule has 3 heteroatoms. The van der Waals surface area contributed by atoms with Crippen LogP contribution in [0.15, 0.2) is 42.7 Å². The molecule has 0 saturated heterocycles. The van der Waals surface area contributed by atoms with Crippen LogP contribution in [0.25, 0.3) is 0 Å². The molecule has 2 aromatic rings. The summed E-state index contributed by atoms with van der Waals surface area (Å²) in [6.07, 6.45) is 3.83. The Morgan fingerprint density at radius 3 is 2.50 bits per heavy atom. The molecule has 0 bridgehead atoms. The van der Waals surface area contributed by atoms with E-state index in [1.807, 2.05) is 25.4 Å². The van der Waals surface area contributed by atoms with Crippen LogP contribution >= 0.6 is 17.0 Å². The van der Waals surface area contributed by atoms with Crippen LogP contribution in [0.4, 0.5) is 0 Å². The second-order valence-corrected chi connectivity index (χ2v) is 3.09. The fraction of sp³-hybridized carbons (Fsp3) is 0.182. The van der Waals surface area contributed by atoms with Crippen LogP contribution in [0.5, 0.6) is 0 Å². The molecule has 0 N–H and O–H groups in total. The first-order valence-electron chi connectivity index (χ1n) is 4.38. The molecule has 2 rings (SSSR count). The standard InChI is InChI=1S/C11H12N2.BrH/c1-10-12-7-8-13(10)9-11-5-3-2-4-6-11;/h2-8H,9H2,1H3;1H. The first-order chi connectivity index (χ1) is 6.36. The molecule has 0 radical (unpaired) electrons. The van der Waals surface area contributed by atoms with E-state index in [1.54, 1.807) is 0 Å². The number of rotatable bonds is 2. The van der Waals surface area contributed by atoms with Gasteiger partial charge in [0.1, 0.15) is 5.82 Å². The molecule has 0 aliphatic heterocycles. The lowest BCUT2D eigenvalue weighted by Crippen LogP contribution is -1.99. The fourth-order valence-corrected chi connectivity index (χ4v) is 1.35. The first kappa shape index (κ1) is 11.0. The first-order valence-corrected chi connectivity index (χ1v) is 4.38. The molecule has 0 aliphatic rings. The second kappa shape index (κ2) is 4.96. The number of halogens is 1. The zero-order chi connectivity index (χ0) is 9.10. The number of imidazole rings is 1. The minimum atomic E-state index is 0. The van der Waals surface area contributed by atoms with Gasteiger partial charge in [0.2, 0.25) is 0 Å². The van der Waals surface area contributed by atoms with Crippen molar-refractivity contribution in [1.29, 1.82) is 0 Å². The van der Waals surface area contributed by atoms with Gasteiger partial charge in [-0.25, -0.2) is 4.98 Å². The minimum absolute atomic E-state index is 0. The molecule has 0 atom stereocenters. The number of benzene rings is 1. The lowest BCUT2D eigenvalue weighted by atomic mass is 10.2. The van der Waals surface area contributed by atoms with Gasteiger partial charge in [-0.2, -0.15) is 0 Å². The highest BCUT2D eigenvalue weighted by atomic mass is 79.9. The van der Waals surface area contributed by atoms with E-state index in [9.17, 15) is 0 Å². The number of nitrogens with zero attached hydrogens (tertiary/aromatic N) is 2. The quantitative estimate of drug-likeness (QED) is 0.804. The van der Waals surface area contributed by atoms with Gasteiger partial charge in [0.05, 0.1) is 0 Å². The molecule has 0 aliphatic carbocycles. The molecule has 0 unspecified atom stereocenters. The molecule has 0 spiro atoms. The Bertz CT molecular complexity index is 381. The molecule has 1 heterocycles. The van der Waals surface area contributed by atoms with Crippen molar-refractivity contribution in [2.24, 2.45) is 0 Å². The molecule has 0 fully saturated rings. The van der Waals surface area contributed by atoms with Crippen LogP contribution < -0.4 is 0 Å². The highest BCUT2D eigenvalue weighted by molar-refractivity contribution is 8.93. The van der Waals surface area contributed by atoms with Gasteiger partial charge in [0.25, 0.3) is 0 Å². The SMILES string of the molecule is Br.Cc1nccn1Cc1ccccc1. The highest BCUT2D eigenvalue weighted by Crippen LogP contribution is 2.03. The van der Waals surface area contributed by atoms with Gasteiger partial charge in [-0.3, -0.25) is 0 Å². The largest absolute Gasteiger partial charge is 0.331 e. The van der Waals surface area contributed by atoms with Crippen molar-refractivity contribution in [3.63, 3.8) is 0 Å². The van der Waals surface area contributed by atoms with Crippen molar-refractivity contribution in [3.8, 4) is 0 Å². The van der Waals surface area contributed by atoms with Gasteiger partial charge in [-0.05, 0) is 12.5 Å². The van der Waals surface area contributed by atoms with Gasteiger partial charge in [-0.1, -0.05) is 30.3 Å². The number of aromatic nitrogens is 2. The molecule has 1 aromatic heterocycles. The molecular weight excluding hydrogens is 240 g/mol. The maximum absolute atomic E-state index is 4.18. The molecule has 2 nitrogen and oxygen atoms in total. The summed E-state index contributed by atoms with van der Waals surface area (Å²) in [6, 6.07) is 10.4. The average Bonchev–Trinajstić information content (AvgIpc) is 2.54. The van der Waals surface area contributed by atoms with E-state index in [0.29, 0.717) is 0 Å². The lowest BCUT2D eigenvalue weighted by molar-refractivity contribution is 0.762. The van der Waals surface area contributed by atoms with Gasteiger partial charge in [0, 0.05) is 18.9 Å². The predicted octanol–water partition coefficient (Wildman–Crippen LogP) is 2.82. The Hall–Kier alpha value is -1.09. The smallest absolute Gasteiger partial charge is 0.105 e. The fourth-order valence-electron chi connectivity index (χ4n) is 1.35. The van der Waals surface area contributed by atoms with E-state index >= 15 is 0 Å². The Morgan fingerprint density at radius 2 is 1.93 bits per heavy atom. The Labute approximate surface area is 94.4 Å². The van der Waals surface area contributed by atoms with Crippen molar-refractivity contribution in [3.05, 3.63) is 54.1 Å². The summed E-state index contributed by atoms with van der Waals surface area (Å²) in [4.78, 5) is 4.18. The second-order valence-electron chi connectivity index (χ2n) is 3.09. The van der Waals surface area contributed by atoms with Crippen molar-refractivity contribution >= 4 is 17.0 Å². The van der Waals surface area contributed by atoms with E-state index in [2.05, 4.69) is 33.8 Å². The van der Waals surface area contributed by atoms with E-state index in [1.165, 1.54) is 5.56 Å². The Morgan fingerprint density at radius 1 is 1.21 bits per heavy atom. The lowest BCUT2D eigenvalue weighted by Gasteiger charge is -2.03. The summed E-state index contributed by atoms with van der Waals surface area (Å²) in [5, 5.41) is 0. The number of hydrogen-bond donors (Lipinski definition) is 0. The maximum Gasteiger partial charge on any atom is 0.105 e. The van der Waals surface area contributed by atoms with Crippen LogP contribution in [0.3, 0.4) is 0 Å². The van der Waals surface area contributed by atoms with E-state index in [4.69, 9.17) is 0 Å². The van der Waals surface area contributed by atoms with Gasteiger partial charge < -0.3 is 4.57 Å². The molecular formula is C11H13BrN2. The van der Waals surface area contributed by atoms with Gasteiger partial charge in [-0.15, -0.1) is 17.0 Å². The van der Waals surface area contributed by atoms with Crippen LogP contribution in [-0.4, -0.2) is 9.55 Å². The number of aryl methyl sites for hydroxylation is 1. The minimum Gasteiger partial charge on any atom is -0.331 e. The van der Waals surface area contributed by atoms with Crippen LogP contribution in [0.1, 0.15) is 11.4 Å². The summed E-state index contributed by atoms with van der Waals surface area (Å²) in [5.41, 5.74) is 1.31. The van der Waals surface area contributed by atoms with Crippen LogP contribution in [0.2, 0.25) is 0 Å². The molecule has 0 amide bonds. The van der Waals surface area contributed by atoms with E-state index < -0.39 is 0 Å². The summed E-state index contributed by atoms with van der Waals surface area (Å²) in [5.74, 6) is 1.06. The predicted molar refractivity (Wildman–Crippen MR) is 62.8 cm³/mol. The van der Waals surface area contributed by atoms with E-state index in [-0.39, 0.29) is 17.0 Å². The van der Waals surface area contributed by atoms with E-state index in [0.717, 1.165) is 12.4 Å². The molecule has 1 aromatic carbocycles. The van der Waals surface area contributed by atoms with Crippen LogP contribution in [0, 0.1) is 6.92 Å². The molecule has 14 heavy (non-hydrogen) atoms.